The summed E-state index contributed by atoms with van der Waals surface area (Å²) in [7, 11) is 0. The lowest BCUT2D eigenvalue weighted by molar-refractivity contribution is -0.141. The maximum absolute atomic E-state index is 13.8. The molecule has 1 aliphatic carbocycles. The number of aromatic nitrogens is 5. The Kier molecular flexibility index (Phi) is 9.17. The fraction of sp³-hybridized carbons (Fsp3) is 0.357. The predicted octanol–water partition coefficient (Wildman–Crippen LogP) is 3.05. The Balaban J connectivity index is 1.43. The van der Waals surface area contributed by atoms with Gasteiger partial charge in [0.05, 0.1) is 29.7 Å². The van der Waals surface area contributed by atoms with Crippen molar-refractivity contribution >= 4 is 35.4 Å². The molecule has 0 atom stereocenters. The summed E-state index contributed by atoms with van der Waals surface area (Å²) in [5, 5.41) is 11.6. The molecule has 244 valence electrons. The Labute approximate surface area is 257 Å². The summed E-state index contributed by atoms with van der Waals surface area (Å²) in [6.45, 7) is 0.551. The normalized spacial score (nSPS) is 16.3. The van der Waals surface area contributed by atoms with Crippen LogP contribution in [0.5, 0.6) is 5.75 Å². The molecule has 5 rings (SSSR count). The summed E-state index contributed by atoms with van der Waals surface area (Å²) in [5.74, 6) is -0.968. The van der Waals surface area contributed by atoms with Crippen LogP contribution < -0.4 is 26.4 Å². The Morgan fingerprint density at radius 2 is 1.98 bits per heavy atom. The van der Waals surface area contributed by atoms with Crippen LogP contribution in [0.3, 0.4) is 0 Å². The minimum absolute atomic E-state index is 0.0266. The number of hydrogen-bond acceptors (Lipinski definition) is 9. The van der Waals surface area contributed by atoms with Gasteiger partial charge in [0.1, 0.15) is 6.54 Å². The molecule has 5 N–H and O–H groups in total. The third-order valence-corrected chi connectivity index (χ3v) is 7.29. The lowest BCUT2D eigenvalue weighted by Gasteiger charge is -2.32. The van der Waals surface area contributed by atoms with Crippen molar-refractivity contribution in [1.29, 1.82) is 0 Å². The van der Waals surface area contributed by atoms with E-state index in [9.17, 15) is 36.3 Å². The van der Waals surface area contributed by atoms with Crippen LogP contribution in [0.15, 0.2) is 36.9 Å². The summed E-state index contributed by atoms with van der Waals surface area (Å²) in [4.78, 5) is 45.1. The van der Waals surface area contributed by atoms with Crippen LogP contribution in [-0.4, -0.2) is 67.5 Å². The molecule has 3 aromatic heterocycles. The van der Waals surface area contributed by atoms with Crippen LogP contribution in [0, 0.1) is 0 Å². The SMILES string of the molecule is CCc1c(C(=O)NCC(=O)NC2CC(N)C2)ccc(Nc2nccn3c(-c4cn(CC(F)F)nc4C(F)(F)F)cnc23)c1OC=O. The first-order valence-electron chi connectivity index (χ1n) is 14.0. The van der Waals surface area contributed by atoms with Crippen LogP contribution in [0.1, 0.15) is 41.4 Å². The summed E-state index contributed by atoms with van der Waals surface area (Å²) >= 11 is 0. The first-order chi connectivity index (χ1) is 21.9. The number of amides is 2. The van der Waals surface area contributed by atoms with Crippen molar-refractivity contribution in [2.75, 3.05) is 11.9 Å². The van der Waals surface area contributed by atoms with E-state index in [0.29, 0.717) is 23.1 Å². The van der Waals surface area contributed by atoms with Gasteiger partial charge in [-0.1, -0.05) is 6.92 Å². The molecular weight excluding hydrogens is 621 g/mol. The molecule has 46 heavy (non-hydrogen) atoms. The van der Waals surface area contributed by atoms with Gasteiger partial charge in [-0.2, -0.15) is 18.3 Å². The second-order valence-corrected chi connectivity index (χ2v) is 10.5. The number of fused-ring (bicyclic) bond motifs is 1. The second kappa shape index (κ2) is 13.1. The van der Waals surface area contributed by atoms with Crippen molar-refractivity contribution in [2.24, 2.45) is 5.73 Å². The molecule has 3 heterocycles. The summed E-state index contributed by atoms with van der Waals surface area (Å²) in [6, 6.07) is 2.87. The fourth-order valence-corrected chi connectivity index (χ4v) is 5.17. The third-order valence-electron chi connectivity index (χ3n) is 7.29. The van der Waals surface area contributed by atoms with Crippen molar-refractivity contribution in [3.63, 3.8) is 0 Å². The van der Waals surface area contributed by atoms with Crippen LogP contribution in [-0.2, 0) is 28.7 Å². The molecule has 18 heteroatoms. The van der Waals surface area contributed by atoms with Gasteiger partial charge < -0.3 is 26.4 Å². The Morgan fingerprint density at radius 1 is 1.22 bits per heavy atom. The van der Waals surface area contributed by atoms with E-state index in [1.807, 2.05) is 0 Å². The molecule has 0 spiro atoms. The number of alkyl halides is 5. The van der Waals surface area contributed by atoms with Crippen LogP contribution >= 0.6 is 0 Å². The molecular formula is C28H28F5N9O4. The number of carbonyl (C=O) groups excluding carboxylic acids is 3. The van der Waals surface area contributed by atoms with Crippen molar-refractivity contribution in [1.82, 2.24) is 34.8 Å². The maximum Gasteiger partial charge on any atom is 0.435 e. The molecule has 0 unspecified atom stereocenters. The smallest absolute Gasteiger partial charge is 0.426 e. The highest BCUT2D eigenvalue weighted by Gasteiger charge is 2.38. The number of ether oxygens (including phenoxy) is 1. The summed E-state index contributed by atoms with van der Waals surface area (Å²) < 4.78 is 74.2. The molecule has 0 bridgehead atoms. The van der Waals surface area contributed by atoms with E-state index in [1.165, 1.54) is 28.9 Å². The van der Waals surface area contributed by atoms with Gasteiger partial charge in [-0.3, -0.25) is 23.5 Å². The molecule has 13 nitrogen and oxygen atoms in total. The van der Waals surface area contributed by atoms with E-state index >= 15 is 0 Å². The second-order valence-electron chi connectivity index (χ2n) is 10.5. The van der Waals surface area contributed by atoms with Crippen LogP contribution in [0.4, 0.5) is 33.5 Å². The van der Waals surface area contributed by atoms with E-state index in [4.69, 9.17) is 10.5 Å². The van der Waals surface area contributed by atoms with Gasteiger partial charge in [-0.05, 0) is 31.4 Å². The average Bonchev–Trinajstić information content (AvgIpc) is 3.60. The third kappa shape index (κ3) is 6.75. The predicted molar refractivity (Wildman–Crippen MR) is 152 cm³/mol. The number of rotatable bonds is 12. The number of nitrogens with one attached hydrogen (secondary N) is 3. The van der Waals surface area contributed by atoms with E-state index < -0.39 is 36.3 Å². The quantitative estimate of drug-likeness (QED) is 0.133. The standard InChI is InChI=1S/C28H28F5N9O4/c1-2-16-17(27(45)37-10-22(44)38-15-7-14(34)8-15)3-4-19(23(16)46-13-43)39-25-26-36-9-20(42(26)6-5-35-25)18-11-41(12-21(29)30)40-24(18)28(31,32)33/h3-6,9,11,13-15,21H,2,7-8,10,12,34H2,1H3,(H,35,39)(H,37,45)(H,38,44). The molecule has 1 fully saturated rings. The van der Waals surface area contributed by atoms with E-state index in [0.717, 1.165) is 12.4 Å². The van der Waals surface area contributed by atoms with Crippen molar-refractivity contribution in [3.05, 3.63) is 53.7 Å². The van der Waals surface area contributed by atoms with Crippen LogP contribution in [0.25, 0.3) is 16.9 Å². The van der Waals surface area contributed by atoms with Gasteiger partial charge in [0.25, 0.3) is 18.8 Å². The minimum atomic E-state index is -4.94. The number of carbonyl (C=O) groups is 3. The topological polar surface area (TPSA) is 171 Å². The number of halogens is 5. The van der Waals surface area contributed by atoms with Gasteiger partial charge >= 0.3 is 6.18 Å². The number of imidazole rings is 1. The zero-order chi connectivity index (χ0) is 33.2. The summed E-state index contributed by atoms with van der Waals surface area (Å²) in [5.41, 5.74) is 4.46. The van der Waals surface area contributed by atoms with E-state index in [1.54, 1.807) is 6.92 Å². The zero-order valence-electron chi connectivity index (χ0n) is 24.1. The lowest BCUT2D eigenvalue weighted by atomic mass is 9.88. The molecule has 0 saturated heterocycles. The van der Waals surface area contributed by atoms with Crippen molar-refractivity contribution in [2.45, 2.75) is 57.4 Å². The Morgan fingerprint density at radius 3 is 2.63 bits per heavy atom. The largest absolute Gasteiger partial charge is 0.435 e. The zero-order valence-corrected chi connectivity index (χ0v) is 24.1. The van der Waals surface area contributed by atoms with E-state index in [2.05, 4.69) is 31.0 Å². The summed E-state index contributed by atoms with van der Waals surface area (Å²) in [6.07, 6.45) is -1.76. The maximum atomic E-state index is 13.8. The van der Waals surface area contributed by atoms with Crippen molar-refractivity contribution < 1.29 is 41.1 Å². The molecule has 1 aliphatic rings. The fourth-order valence-electron chi connectivity index (χ4n) is 5.17. The van der Waals surface area contributed by atoms with Gasteiger partial charge in [0.15, 0.2) is 22.9 Å². The number of hydrogen-bond donors (Lipinski definition) is 4. The minimum Gasteiger partial charge on any atom is -0.426 e. The highest BCUT2D eigenvalue weighted by molar-refractivity contribution is 5.99. The lowest BCUT2D eigenvalue weighted by Crippen LogP contribution is -2.52. The van der Waals surface area contributed by atoms with E-state index in [-0.39, 0.29) is 71.6 Å². The first-order valence-corrected chi connectivity index (χ1v) is 14.0. The Bertz CT molecular complexity index is 1770. The molecule has 0 aliphatic heterocycles. The van der Waals surface area contributed by atoms with Gasteiger partial charge in [0.2, 0.25) is 5.91 Å². The van der Waals surface area contributed by atoms with Crippen molar-refractivity contribution in [3.8, 4) is 17.0 Å². The van der Waals surface area contributed by atoms with Gasteiger partial charge in [0, 0.05) is 41.8 Å². The average molecular weight is 650 g/mol. The molecule has 0 radical (unpaired) electrons. The monoisotopic (exact) mass is 649 g/mol. The molecule has 4 aromatic rings. The van der Waals surface area contributed by atoms with Crippen LogP contribution in [0.2, 0.25) is 0 Å². The number of nitrogens with two attached hydrogens (primary N) is 1. The van der Waals surface area contributed by atoms with Gasteiger partial charge in [-0.15, -0.1) is 0 Å². The molecule has 2 amide bonds. The highest BCUT2D eigenvalue weighted by atomic mass is 19.4. The number of nitrogens with zero attached hydrogens (tertiary/aromatic N) is 5. The number of benzene rings is 1. The first kappa shape index (κ1) is 32.3. The van der Waals surface area contributed by atoms with Gasteiger partial charge in [-0.25, -0.2) is 18.7 Å². The molecule has 1 aromatic carbocycles. The number of anilines is 2. The highest BCUT2D eigenvalue weighted by Crippen LogP contribution is 2.38. The Hall–Kier alpha value is -5.13. The molecule has 1 saturated carbocycles.